The van der Waals surface area contributed by atoms with Crippen molar-refractivity contribution in [2.45, 2.75) is 12.5 Å². The van der Waals surface area contributed by atoms with Gasteiger partial charge in [-0.1, -0.05) is 17.7 Å². The quantitative estimate of drug-likeness (QED) is 0.914. The maximum atomic E-state index is 14.1. The highest BCUT2D eigenvalue weighted by Gasteiger charge is 2.34. The van der Waals surface area contributed by atoms with E-state index in [-0.39, 0.29) is 22.7 Å². The lowest BCUT2D eigenvalue weighted by molar-refractivity contribution is 0.0950. The molecule has 0 amide bonds. The number of anilines is 1. The van der Waals surface area contributed by atoms with Crippen molar-refractivity contribution in [3.63, 3.8) is 0 Å². The largest absolute Gasteiger partial charge is 0.496 e. The van der Waals surface area contributed by atoms with Gasteiger partial charge < -0.3 is 15.6 Å². The van der Waals surface area contributed by atoms with E-state index in [4.69, 9.17) is 22.1 Å². The van der Waals surface area contributed by atoms with Crippen LogP contribution in [-0.4, -0.2) is 17.2 Å². The zero-order chi connectivity index (χ0) is 14.9. The first kappa shape index (κ1) is 14.6. The predicted molar refractivity (Wildman–Crippen MR) is 75.3 cm³/mol. The number of nitrogens with zero attached hydrogens (tertiary/aromatic N) is 1. The van der Waals surface area contributed by atoms with E-state index in [1.807, 2.05) is 0 Å². The number of nitrogens with two attached hydrogens (primary N) is 1. The first-order chi connectivity index (χ1) is 9.37. The summed E-state index contributed by atoms with van der Waals surface area (Å²) in [5.41, 5.74) is 4.24. The molecule has 0 spiro atoms. The van der Waals surface area contributed by atoms with E-state index in [0.29, 0.717) is 5.02 Å². The van der Waals surface area contributed by atoms with Crippen LogP contribution in [0.5, 0.6) is 5.75 Å². The highest BCUT2D eigenvalue weighted by atomic mass is 35.5. The standard InChI is InChI=1S/C14H14ClFN2O2/c1-14(19,9-6-8(15)7-18-13(9)17)12-10(16)4-3-5-11(12)20-2/h3-7,19H,1-2H3,(H2,17,18). The molecule has 1 heterocycles. The van der Waals surface area contributed by atoms with Gasteiger partial charge in [0.05, 0.1) is 17.7 Å². The van der Waals surface area contributed by atoms with Crippen LogP contribution >= 0.6 is 11.6 Å². The van der Waals surface area contributed by atoms with Crippen LogP contribution in [0, 0.1) is 5.82 Å². The summed E-state index contributed by atoms with van der Waals surface area (Å²) in [4.78, 5) is 3.88. The SMILES string of the molecule is COc1cccc(F)c1C(C)(O)c1cc(Cl)cnc1N. The highest BCUT2D eigenvalue weighted by Crippen LogP contribution is 2.39. The van der Waals surface area contributed by atoms with Crippen molar-refractivity contribution in [2.75, 3.05) is 12.8 Å². The molecule has 0 aliphatic heterocycles. The maximum absolute atomic E-state index is 14.1. The van der Waals surface area contributed by atoms with Gasteiger partial charge in [-0.2, -0.15) is 0 Å². The zero-order valence-corrected chi connectivity index (χ0v) is 11.8. The molecule has 106 valence electrons. The average molecular weight is 297 g/mol. The van der Waals surface area contributed by atoms with Crippen LogP contribution in [0.2, 0.25) is 5.02 Å². The molecule has 6 heteroatoms. The number of nitrogen functional groups attached to an aromatic ring is 1. The number of aromatic nitrogens is 1. The molecule has 1 aromatic carbocycles. The number of hydrogen-bond acceptors (Lipinski definition) is 4. The number of rotatable bonds is 3. The summed E-state index contributed by atoms with van der Waals surface area (Å²) < 4.78 is 19.2. The lowest BCUT2D eigenvalue weighted by Crippen LogP contribution is -2.27. The first-order valence-corrected chi connectivity index (χ1v) is 6.22. The summed E-state index contributed by atoms with van der Waals surface area (Å²) >= 11 is 5.87. The molecule has 1 atom stereocenters. The van der Waals surface area contributed by atoms with E-state index in [9.17, 15) is 9.50 Å². The molecule has 2 aromatic rings. The van der Waals surface area contributed by atoms with Crippen LogP contribution in [0.3, 0.4) is 0 Å². The van der Waals surface area contributed by atoms with Crippen LogP contribution in [0.25, 0.3) is 0 Å². The summed E-state index contributed by atoms with van der Waals surface area (Å²) in [6.07, 6.45) is 1.36. The number of pyridine rings is 1. The molecular weight excluding hydrogens is 283 g/mol. The third-order valence-corrected chi connectivity index (χ3v) is 3.30. The van der Waals surface area contributed by atoms with E-state index in [1.165, 1.54) is 38.4 Å². The van der Waals surface area contributed by atoms with E-state index < -0.39 is 11.4 Å². The van der Waals surface area contributed by atoms with Crippen LogP contribution in [0.1, 0.15) is 18.1 Å². The Balaban J connectivity index is 2.69. The second-order valence-electron chi connectivity index (χ2n) is 4.48. The molecule has 0 aliphatic rings. The molecule has 0 fully saturated rings. The maximum Gasteiger partial charge on any atom is 0.133 e. The van der Waals surface area contributed by atoms with Crippen molar-refractivity contribution >= 4 is 17.4 Å². The van der Waals surface area contributed by atoms with Gasteiger partial charge in [-0.25, -0.2) is 9.37 Å². The Morgan fingerprint density at radius 1 is 1.45 bits per heavy atom. The van der Waals surface area contributed by atoms with E-state index >= 15 is 0 Å². The second-order valence-corrected chi connectivity index (χ2v) is 4.91. The number of methoxy groups -OCH3 is 1. The summed E-state index contributed by atoms with van der Waals surface area (Å²) in [7, 11) is 1.40. The third kappa shape index (κ3) is 2.42. The van der Waals surface area contributed by atoms with Crippen molar-refractivity contribution < 1.29 is 14.2 Å². The Bertz CT molecular complexity index is 647. The molecule has 2 rings (SSSR count). The normalized spacial score (nSPS) is 13.8. The lowest BCUT2D eigenvalue weighted by Gasteiger charge is -2.27. The van der Waals surface area contributed by atoms with Crippen LogP contribution in [0.4, 0.5) is 10.2 Å². The fourth-order valence-electron chi connectivity index (χ4n) is 2.12. The Morgan fingerprint density at radius 3 is 2.80 bits per heavy atom. The molecule has 20 heavy (non-hydrogen) atoms. The predicted octanol–water partition coefficient (Wildman–Crippen LogP) is 2.72. The van der Waals surface area contributed by atoms with Gasteiger partial charge in [-0.3, -0.25) is 0 Å². The molecule has 0 saturated heterocycles. The van der Waals surface area contributed by atoms with Gasteiger partial charge in [0.15, 0.2) is 0 Å². The number of halogens is 2. The van der Waals surface area contributed by atoms with E-state index in [0.717, 1.165) is 0 Å². The molecule has 3 N–H and O–H groups in total. The summed E-state index contributed by atoms with van der Waals surface area (Å²) in [5.74, 6) is -0.312. The van der Waals surface area contributed by atoms with Crippen LogP contribution < -0.4 is 10.5 Å². The number of ether oxygens (including phenoxy) is 1. The van der Waals surface area contributed by atoms with Crippen LogP contribution in [0.15, 0.2) is 30.5 Å². The summed E-state index contributed by atoms with van der Waals surface area (Å²) in [5, 5.41) is 11.1. The fraction of sp³-hybridized carbons (Fsp3) is 0.214. The van der Waals surface area contributed by atoms with Crippen molar-refractivity contribution in [1.29, 1.82) is 0 Å². The number of benzene rings is 1. The first-order valence-electron chi connectivity index (χ1n) is 5.84. The second kappa shape index (κ2) is 5.26. The van der Waals surface area contributed by atoms with Gasteiger partial charge in [0.1, 0.15) is 23.0 Å². The highest BCUT2D eigenvalue weighted by molar-refractivity contribution is 6.30. The van der Waals surface area contributed by atoms with Gasteiger partial charge in [0.2, 0.25) is 0 Å². The van der Waals surface area contributed by atoms with Crippen molar-refractivity contribution in [3.8, 4) is 5.75 Å². The van der Waals surface area contributed by atoms with Crippen molar-refractivity contribution in [3.05, 3.63) is 52.4 Å². The lowest BCUT2D eigenvalue weighted by atomic mass is 9.87. The van der Waals surface area contributed by atoms with Gasteiger partial charge >= 0.3 is 0 Å². The Labute approximate surface area is 121 Å². The molecule has 4 nitrogen and oxygen atoms in total. The van der Waals surface area contributed by atoms with Crippen molar-refractivity contribution in [2.24, 2.45) is 0 Å². The molecule has 1 unspecified atom stereocenters. The molecule has 1 aromatic heterocycles. The minimum atomic E-state index is -1.72. The van der Waals surface area contributed by atoms with Gasteiger partial charge in [-0.15, -0.1) is 0 Å². The minimum Gasteiger partial charge on any atom is -0.496 e. The zero-order valence-electron chi connectivity index (χ0n) is 11.0. The minimum absolute atomic E-state index is 0.0155. The van der Waals surface area contributed by atoms with Gasteiger partial charge in [0.25, 0.3) is 0 Å². The number of hydrogen-bond donors (Lipinski definition) is 2. The molecule has 0 radical (unpaired) electrons. The summed E-state index contributed by atoms with van der Waals surface area (Å²) in [6.45, 7) is 1.41. The monoisotopic (exact) mass is 296 g/mol. The molecule has 0 saturated carbocycles. The fourth-order valence-corrected chi connectivity index (χ4v) is 2.28. The van der Waals surface area contributed by atoms with Crippen LogP contribution in [-0.2, 0) is 5.60 Å². The Kier molecular flexibility index (Phi) is 3.83. The Morgan fingerprint density at radius 2 is 2.15 bits per heavy atom. The Hall–Kier alpha value is -1.85. The summed E-state index contributed by atoms with van der Waals surface area (Å²) in [6, 6.07) is 5.74. The van der Waals surface area contributed by atoms with E-state index in [2.05, 4.69) is 4.98 Å². The van der Waals surface area contributed by atoms with E-state index in [1.54, 1.807) is 6.07 Å². The third-order valence-electron chi connectivity index (χ3n) is 3.09. The van der Waals surface area contributed by atoms with Gasteiger partial charge in [0, 0.05) is 11.8 Å². The molecule has 0 bridgehead atoms. The number of aliphatic hydroxyl groups is 1. The van der Waals surface area contributed by atoms with Gasteiger partial charge in [-0.05, 0) is 25.1 Å². The molecule has 0 aliphatic carbocycles. The molecular formula is C14H14ClFN2O2. The van der Waals surface area contributed by atoms with Crippen molar-refractivity contribution in [1.82, 2.24) is 4.98 Å². The topological polar surface area (TPSA) is 68.4 Å². The average Bonchev–Trinajstić information content (AvgIpc) is 2.40. The smallest absolute Gasteiger partial charge is 0.133 e.